The molecule has 0 radical (unpaired) electrons. The molecule has 0 aromatic heterocycles. The molecule has 1 amide bonds. The molecule has 0 bridgehead atoms. The summed E-state index contributed by atoms with van der Waals surface area (Å²) in [5.41, 5.74) is 7.63. The van der Waals surface area contributed by atoms with Crippen LogP contribution in [0.4, 0.5) is 15.8 Å². The number of rotatable bonds is 2. The minimum atomic E-state index is -0.257. The minimum absolute atomic E-state index is 0.0362. The Hall–Kier alpha value is -2.86. The fourth-order valence-electron chi connectivity index (χ4n) is 3.16. The maximum Gasteiger partial charge on any atom is 0.262 e. The van der Waals surface area contributed by atoms with Crippen molar-refractivity contribution in [3.8, 4) is 5.75 Å². The van der Waals surface area contributed by atoms with Crippen LogP contribution < -0.4 is 20.5 Å². The number of nitrogens with zero attached hydrogens (tertiary/aromatic N) is 1. The first-order valence-electron chi connectivity index (χ1n) is 8.12. The maximum atomic E-state index is 13.4. The molecule has 25 heavy (non-hydrogen) atoms. The number of nitrogens with one attached hydrogen (secondary N) is 2. The molecule has 1 unspecified atom stereocenters. The van der Waals surface area contributed by atoms with E-state index < -0.39 is 0 Å². The summed E-state index contributed by atoms with van der Waals surface area (Å²) in [7, 11) is 0. The largest absolute Gasteiger partial charge is 0.482 e. The molecule has 0 spiro atoms. The summed E-state index contributed by atoms with van der Waals surface area (Å²) in [5, 5.41) is 4.78. The number of amides is 1. The van der Waals surface area contributed by atoms with Gasteiger partial charge in [0.1, 0.15) is 11.6 Å². The van der Waals surface area contributed by atoms with E-state index in [-0.39, 0.29) is 24.4 Å². The SMILES string of the molecule is Cc1cc(F)ccc1N1NC(C)C=C1c1ccc2c(c1)NC(=O)CO2. The van der Waals surface area contributed by atoms with E-state index >= 15 is 0 Å². The summed E-state index contributed by atoms with van der Waals surface area (Å²) in [6, 6.07) is 10.5. The number of carbonyl (C=O) groups excluding carboxylic acids is 1. The zero-order chi connectivity index (χ0) is 17.6. The van der Waals surface area contributed by atoms with Crippen LogP contribution in [0.25, 0.3) is 5.70 Å². The zero-order valence-electron chi connectivity index (χ0n) is 14.0. The molecule has 2 heterocycles. The lowest BCUT2D eigenvalue weighted by Gasteiger charge is -2.26. The lowest BCUT2D eigenvalue weighted by atomic mass is 10.1. The Balaban J connectivity index is 1.74. The smallest absolute Gasteiger partial charge is 0.262 e. The van der Waals surface area contributed by atoms with Crippen LogP contribution in [0, 0.1) is 12.7 Å². The molecule has 2 N–H and O–H groups in total. The van der Waals surface area contributed by atoms with Crippen molar-refractivity contribution in [2.75, 3.05) is 16.9 Å². The predicted octanol–water partition coefficient (Wildman–Crippen LogP) is 3.22. The van der Waals surface area contributed by atoms with E-state index in [2.05, 4.69) is 16.8 Å². The first kappa shape index (κ1) is 15.7. The number of hydrogen-bond donors (Lipinski definition) is 2. The van der Waals surface area contributed by atoms with Gasteiger partial charge in [-0.15, -0.1) is 0 Å². The van der Waals surface area contributed by atoms with Gasteiger partial charge in [-0.2, -0.15) is 0 Å². The van der Waals surface area contributed by atoms with E-state index in [0.29, 0.717) is 11.4 Å². The molecule has 2 aliphatic rings. The second-order valence-corrected chi connectivity index (χ2v) is 6.28. The number of fused-ring (bicyclic) bond motifs is 1. The van der Waals surface area contributed by atoms with Crippen molar-refractivity contribution in [2.45, 2.75) is 19.9 Å². The van der Waals surface area contributed by atoms with Crippen molar-refractivity contribution < 1.29 is 13.9 Å². The summed E-state index contributed by atoms with van der Waals surface area (Å²) in [6.07, 6.45) is 2.09. The molecule has 2 aromatic rings. The van der Waals surface area contributed by atoms with Crippen LogP contribution >= 0.6 is 0 Å². The highest BCUT2D eigenvalue weighted by molar-refractivity contribution is 5.96. The average molecular weight is 339 g/mol. The Morgan fingerprint density at radius 1 is 1.24 bits per heavy atom. The zero-order valence-corrected chi connectivity index (χ0v) is 14.0. The molecular formula is C19H18FN3O2. The minimum Gasteiger partial charge on any atom is -0.482 e. The van der Waals surface area contributed by atoms with Gasteiger partial charge < -0.3 is 10.1 Å². The number of halogens is 1. The highest BCUT2D eigenvalue weighted by Crippen LogP contribution is 2.36. The Labute approximate surface area is 145 Å². The quantitative estimate of drug-likeness (QED) is 0.882. The Morgan fingerprint density at radius 3 is 2.88 bits per heavy atom. The number of hydrazine groups is 1. The van der Waals surface area contributed by atoms with E-state index in [4.69, 9.17) is 4.74 Å². The summed E-state index contributed by atoms with van der Waals surface area (Å²) < 4.78 is 18.9. The molecule has 0 aliphatic carbocycles. The second-order valence-electron chi connectivity index (χ2n) is 6.28. The van der Waals surface area contributed by atoms with Crippen LogP contribution in [0.2, 0.25) is 0 Å². The molecule has 128 valence electrons. The van der Waals surface area contributed by atoms with Gasteiger partial charge in [-0.25, -0.2) is 9.82 Å². The number of ether oxygens (including phenoxy) is 1. The van der Waals surface area contributed by atoms with E-state index in [0.717, 1.165) is 22.5 Å². The van der Waals surface area contributed by atoms with Gasteiger partial charge >= 0.3 is 0 Å². The van der Waals surface area contributed by atoms with Crippen molar-refractivity contribution in [1.82, 2.24) is 5.43 Å². The fraction of sp³-hybridized carbons (Fsp3) is 0.211. The third-order valence-electron chi connectivity index (χ3n) is 4.29. The summed E-state index contributed by atoms with van der Waals surface area (Å²) in [5.74, 6) is 0.239. The van der Waals surface area contributed by atoms with Crippen LogP contribution in [-0.2, 0) is 4.79 Å². The van der Waals surface area contributed by atoms with E-state index in [9.17, 15) is 9.18 Å². The Morgan fingerprint density at radius 2 is 2.08 bits per heavy atom. The highest BCUT2D eigenvalue weighted by Gasteiger charge is 2.25. The van der Waals surface area contributed by atoms with Gasteiger partial charge in [-0.3, -0.25) is 9.80 Å². The lowest BCUT2D eigenvalue weighted by Crippen LogP contribution is -2.35. The number of benzene rings is 2. The van der Waals surface area contributed by atoms with Crippen LogP contribution in [0.15, 0.2) is 42.5 Å². The molecule has 2 aliphatic heterocycles. The molecule has 2 aromatic carbocycles. The van der Waals surface area contributed by atoms with Crippen molar-refractivity contribution in [1.29, 1.82) is 0 Å². The fourth-order valence-corrected chi connectivity index (χ4v) is 3.16. The monoisotopic (exact) mass is 339 g/mol. The molecule has 5 nitrogen and oxygen atoms in total. The summed E-state index contributed by atoms with van der Waals surface area (Å²) in [6.45, 7) is 3.96. The molecular weight excluding hydrogens is 321 g/mol. The Bertz CT molecular complexity index is 894. The first-order valence-corrected chi connectivity index (χ1v) is 8.12. The van der Waals surface area contributed by atoms with Crippen molar-refractivity contribution in [3.05, 3.63) is 59.4 Å². The van der Waals surface area contributed by atoms with Gasteiger partial charge in [-0.1, -0.05) is 0 Å². The number of hydrogen-bond acceptors (Lipinski definition) is 4. The van der Waals surface area contributed by atoms with E-state index in [1.807, 2.05) is 37.1 Å². The molecule has 4 rings (SSSR count). The average Bonchev–Trinajstić information content (AvgIpc) is 2.95. The molecule has 1 atom stereocenters. The second kappa shape index (κ2) is 5.89. The first-order chi connectivity index (χ1) is 12.0. The van der Waals surface area contributed by atoms with Crippen LogP contribution in [-0.4, -0.2) is 18.6 Å². The van der Waals surface area contributed by atoms with Gasteiger partial charge in [0.2, 0.25) is 0 Å². The van der Waals surface area contributed by atoms with E-state index in [1.165, 1.54) is 12.1 Å². The number of anilines is 2. The summed E-state index contributed by atoms with van der Waals surface area (Å²) in [4.78, 5) is 11.6. The Kier molecular flexibility index (Phi) is 3.69. The van der Waals surface area contributed by atoms with Crippen LogP contribution in [0.5, 0.6) is 5.75 Å². The standard InChI is InChI=1S/C19H18FN3O2/c1-11-7-14(20)4-5-16(11)23-17(8-12(2)22-23)13-3-6-18-15(9-13)21-19(24)10-25-18/h3-9,12,22H,10H2,1-2H3,(H,21,24). The van der Waals surface area contributed by atoms with Gasteiger partial charge in [0.05, 0.1) is 17.1 Å². The number of aryl methyl sites for hydroxylation is 1. The van der Waals surface area contributed by atoms with Crippen LogP contribution in [0.1, 0.15) is 18.1 Å². The molecule has 0 saturated carbocycles. The molecule has 0 saturated heterocycles. The van der Waals surface area contributed by atoms with Crippen LogP contribution in [0.3, 0.4) is 0 Å². The summed E-state index contributed by atoms with van der Waals surface area (Å²) >= 11 is 0. The third-order valence-corrected chi connectivity index (χ3v) is 4.29. The maximum absolute atomic E-state index is 13.4. The molecule has 6 heteroatoms. The predicted molar refractivity (Wildman–Crippen MR) is 94.8 cm³/mol. The topological polar surface area (TPSA) is 53.6 Å². The van der Waals surface area contributed by atoms with Gasteiger partial charge in [-0.05, 0) is 61.9 Å². The van der Waals surface area contributed by atoms with Gasteiger partial charge in [0.15, 0.2) is 6.61 Å². The van der Waals surface area contributed by atoms with Crippen molar-refractivity contribution in [2.24, 2.45) is 0 Å². The highest BCUT2D eigenvalue weighted by atomic mass is 19.1. The van der Waals surface area contributed by atoms with Gasteiger partial charge in [0, 0.05) is 11.6 Å². The normalized spacial score (nSPS) is 19.2. The third kappa shape index (κ3) is 2.85. The number of carbonyl (C=O) groups is 1. The van der Waals surface area contributed by atoms with Gasteiger partial charge in [0.25, 0.3) is 5.91 Å². The van der Waals surface area contributed by atoms with Crippen molar-refractivity contribution >= 4 is 23.0 Å². The van der Waals surface area contributed by atoms with Crippen molar-refractivity contribution in [3.63, 3.8) is 0 Å². The lowest BCUT2D eigenvalue weighted by molar-refractivity contribution is -0.118. The van der Waals surface area contributed by atoms with E-state index in [1.54, 1.807) is 6.07 Å². The molecule has 0 fully saturated rings.